The molecule has 0 saturated carbocycles. The van der Waals surface area contributed by atoms with Gasteiger partial charge in [-0.1, -0.05) is 30.3 Å². The summed E-state index contributed by atoms with van der Waals surface area (Å²) < 4.78 is 28.4. The number of para-hydroxylation sites is 1. The van der Waals surface area contributed by atoms with Crippen LogP contribution in [0.2, 0.25) is 0 Å². The second-order valence-electron chi connectivity index (χ2n) is 7.13. The number of benzene rings is 3. The van der Waals surface area contributed by atoms with Crippen molar-refractivity contribution in [3.8, 4) is 23.0 Å². The first-order valence-corrected chi connectivity index (χ1v) is 11.9. The van der Waals surface area contributed by atoms with Crippen LogP contribution in [0.3, 0.4) is 0 Å². The average Bonchev–Trinajstić information content (AvgIpc) is 2.81. The van der Waals surface area contributed by atoms with E-state index in [-0.39, 0.29) is 37.6 Å². The summed E-state index contributed by atoms with van der Waals surface area (Å²) in [5.41, 5.74) is 1.12. The van der Waals surface area contributed by atoms with Crippen molar-refractivity contribution in [1.82, 2.24) is 5.32 Å². The third-order valence-corrected chi connectivity index (χ3v) is 5.35. The van der Waals surface area contributed by atoms with Crippen LogP contribution in [0.5, 0.6) is 23.0 Å². The van der Waals surface area contributed by atoms with Crippen molar-refractivity contribution < 1.29 is 28.8 Å². The molecule has 0 fully saturated rings. The number of phenols is 1. The molecule has 3 N–H and O–H groups in total. The maximum atomic E-state index is 12.0. The molecule has 0 spiro atoms. The molecule has 0 aliphatic rings. The molecular weight excluding hydrogens is 436 g/mol. The summed E-state index contributed by atoms with van der Waals surface area (Å²) in [5.74, 6) is 1.98. The Morgan fingerprint density at radius 2 is 1.48 bits per heavy atom. The SMILES string of the molecule is O=[PH](COc1ccc(CCNC[C@H](O)COc2ccc(O)cc2)cc1)Oc1ccccc1.[LiH]. The summed E-state index contributed by atoms with van der Waals surface area (Å²) in [6.45, 7) is 1.28. The summed E-state index contributed by atoms with van der Waals surface area (Å²) in [7, 11) is -2.33. The van der Waals surface area contributed by atoms with Gasteiger partial charge in [-0.2, -0.15) is 0 Å². The number of rotatable bonds is 13. The minimum absolute atomic E-state index is 0. The molecule has 3 rings (SSSR count). The van der Waals surface area contributed by atoms with E-state index in [1.165, 1.54) is 12.1 Å². The normalized spacial score (nSPS) is 12.3. The zero-order valence-corrected chi connectivity index (χ0v) is 18.6. The van der Waals surface area contributed by atoms with Gasteiger partial charge in [0.05, 0.1) is 0 Å². The quantitative estimate of drug-likeness (QED) is 0.203. The summed E-state index contributed by atoms with van der Waals surface area (Å²) in [6.07, 6.45) is 0.171. The van der Waals surface area contributed by atoms with Crippen LogP contribution in [0, 0.1) is 0 Å². The van der Waals surface area contributed by atoms with E-state index < -0.39 is 14.1 Å². The minimum atomic E-state index is -2.33. The molecule has 0 radical (unpaired) electrons. The molecule has 0 aromatic heterocycles. The standard InChI is InChI=1S/C24H28NO6P.Li.H/c26-20-8-12-22(13-9-20)29-17-21(27)16-25-15-14-19-6-10-23(11-7-19)30-18-32(28)31-24-4-2-1-3-5-24;;/h1-13,21,25-27,32H,14-18H2;;/t21-;;/m0../s1. The van der Waals surface area contributed by atoms with E-state index >= 15 is 0 Å². The molecule has 0 aliphatic heterocycles. The number of hydrogen-bond donors (Lipinski definition) is 3. The van der Waals surface area contributed by atoms with Crippen LogP contribution < -0.4 is 19.3 Å². The molecule has 3 aromatic rings. The fourth-order valence-electron chi connectivity index (χ4n) is 2.84. The molecule has 0 saturated heterocycles. The molecule has 0 amide bonds. The van der Waals surface area contributed by atoms with Crippen molar-refractivity contribution in [2.24, 2.45) is 0 Å². The van der Waals surface area contributed by atoms with Crippen LogP contribution in [-0.2, 0) is 11.0 Å². The molecule has 2 atom stereocenters. The van der Waals surface area contributed by atoms with Gasteiger partial charge in [0.15, 0.2) is 6.35 Å². The molecule has 1 unspecified atom stereocenters. The summed E-state index contributed by atoms with van der Waals surface area (Å²) in [6, 6.07) is 23.0. The number of nitrogens with one attached hydrogen (secondary N) is 1. The van der Waals surface area contributed by atoms with E-state index in [1.807, 2.05) is 42.5 Å². The van der Waals surface area contributed by atoms with Crippen molar-refractivity contribution >= 4 is 26.9 Å². The Kier molecular flexibility index (Phi) is 12.0. The van der Waals surface area contributed by atoms with Crippen molar-refractivity contribution in [2.75, 3.05) is 26.0 Å². The Bertz CT molecular complexity index is 957. The predicted octanol–water partition coefficient (Wildman–Crippen LogP) is 3.21. The topological polar surface area (TPSA) is 97.3 Å². The van der Waals surface area contributed by atoms with E-state index in [1.54, 1.807) is 24.3 Å². The molecule has 33 heavy (non-hydrogen) atoms. The molecule has 7 nitrogen and oxygen atoms in total. The Morgan fingerprint density at radius 1 is 0.848 bits per heavy atom. The van der Waals surface area contributed by atoms with Crippen molar-refractivity contribution in [1.29, 1.82) is 0 Å². The summed E-state index contributed by atoms with van der Waals surface area (Å²) in [4.78, 5) is 0. The zero-order chi connectivity index (χ0) is 22.6. The second-order valence-corrected chi connectivity index (χ2v) is 8.37. The van der Waals surface area contributed by atoms with Crippen molar-refractivity contribution in [2.45, 2.75) is 12.5 Å². The van der Waals surface area contributed by atoms with E-state index in [4.69, 9.17) is 14.0 Å². The Morgan fingerprint density at radius 3 is 2.18 bits per heavy atom. The van der Waals surface area contributed by atoms with Crippen LogP contribution >= 0.6 is 8.03 Å². The van der Waals surface area contributed by atoms with Gasteiger partial charge in [-0.25, -0.2) is 0 Å². The van der Waals surface area contributed by atoms with Crippen LogP contribution in [0.4, 0.5) is 0 Å². The Labute approximate surface area is 206 Å². The molecule has 3 aromatic carbocycles. The number of phenolic OH excluding ortho intramolecular Hbond substituents is 1. The van der Waals surface area contributed by atoms with Gasteiger partial charge in [0.1, 0.15) is 35.7 Å². The van der Waals surface area contributed by atoms with Crippen molar-refractivity contribution in [3.63, 3.8) is 0 Å². The number of ether oxygens (including phenoxy) is 2. The third-order valence-electron chi connectivity index (χ3n) is 4.50. The number of aliphatic hydroxyl groups excluding tert-OH is 1. The molecule has 172 valence electrons. The molecule has 0 aliphatic carbocycles. The molecular formula is C24H29LiNO6P. The monoisotopic (exact) mass is 465 g/mol. The third kappa shape index (κ3) is 10.4. The van der Waals surface area contributed by atoms with Gasteiger partial charge in [-0.15, -0.1) is 0 Å². The van der Waals surface area contributed by atoms with Crippen LogP contribution in [0.25, 0.3) is 0 Å². The molecule has 9 heteroatoms. The Hall–Kier alpha value is -2.39. The molecule has 0 bridgehead atoms. The van der Waals surface area contributed by atoms with E-state index in [0.717, 1.165) is 12.0 Å². The summed E-state index contributed by atoms with van der Waals surface area (Å²) >= 11 is 0. The van der Waals surface area contributed by atoms with Gasteiger partial charge in [0, 0.05) is 6.54 Å². The number of hydrogen-bond acceptors (Lipinski definition) is 7. The first kappa shape index (κ1) is 26.9. The number of aliphatic hydroxyl groups is 1. The van der Waals surface area contributed by atoms with Crippen molar-refractivity contribution in [3.05, 3.63) is 84.4 Å². The van der Waals surface area contributed by atoms with Gasteiger partial charge in [-0.3, -0.25) is 4.57 Å². The molecule has 0 heterocycles. The summed E-state index contributed by atoms with van der Waals surface area (Å²) in [5, 5.41) is 22.5. The number of aromatic hydroxyl groups is 1. The fraction of sp³-hybridized carbons (Fsp3) is 0.250. The van der Waals surface area contributed by atoms with Gasteiger partial charge in [0.2, 0.25) is 0 Å². The zero-order valence-electron chi connectivity index (χ0n) is 17.6. The van der Waals surface area contributed by atoms with E-state index in [2.05, 4.69) is 5.32 Å². The first-order valence-electron chi connectivity index (χ1n) is 10.4. The van der Waals surface area contributed by atoms with Gasteiger partial charge >= 0.3 is 18.9 Å². The van der Waals surface area contributed by atoms with E-state index in [9.17, 15) is 14.8 Å². The van der Waals surface area contributed by atoms with E-state index in [0.29, 0.717) is 30.3 Å². The maximum absolute atomic E-state index is 12.0. The van der Waals surface area contributed by atoms with Crippen LogP contribution in [0.15, 0.2) is 78.9 Å². The second kappa shape index (κ2) is 14.7. The van der Waals surface area contributed by atoms with Gasteiger partial charge in [0.25, 0.3) is 8.03 Å². The Balaban J connectivity index is 0.00000385. The van der Waals surface area contributed by atoms with Gasteiger partial charge < -0.3 is 29.5 Å². The predicted molar refractivity (Wildman–Crippen MR) is 131 cm³/mol. The van der Waals surface area contributed by atoms with Crippen LogP contribution in [0.1, 0.15) is 5.56 Å². The van der Waals surface area contributed by atoms with Crippen LogP contribution in [-0.4, -0.2) is 61.2 Å². The fourth-order valence-corrected chi connectivity index (χ4v) is 3.58. The first-order chi connectivity index (χ1) is 15.6. The average molecular weight is 465 g/mol. The van der Waals surface area contributed by atoms with Gasteiger partial charge in [-0.05, 0) is 67.1 Å².